The number of hydrazine groups is 2. The van der Waals surface area contributed by atoms with E-state index in [-0.39, 0.29) is 24.1 Å². The van der Waals surface area contributed by atoms with E-state index in [2.05, 4.69) is 5.43 Å². The van der Waals surface area contributed by atoms with Crippen molar-refractivity contribution in [2.24, 2.45) is 47.3 Å². The summed E-state index contributed by atoms with van der Waals surface area (Å²) < 4.78 is 5.58. The van der Waals surface area contributed by atoms with Gasteiger partial charge in [0.15, 0.2) is 0 Å². The van der Waals surface area contributed by atoms with Gasteiger partial charge in [-0.05, 0) is 145 Å². The molecule has 3 amide bonds. The Morgan fingerprint density at radius 3 is 1.66 bits per heavy atom. The molecule has 44 heavy (non-hydrogen) atoms. The standard InChI is InChI=1S/C22H28N2O3.C14H22N2O/c1-22(2)20(25)23(19-17-9-15-8-16(11-17)12-18(19)10-15)24(22)21(26)27-13-14-6-4-3-5-7-14;1-14(2)13(17)16(15-14)12-10-4-8-3-9(6-10)7-11(12)5-8/h3-7,15-19H,8-13H2,1-2H3;8-12,15H,3-7H2,1-2H3. The summed E-state index contributed by atoms with van der Waals surface area (Å²) in [6.07, 6.45) is 12.8. The largest absolute Gasteiger partial charge is 0.443 e. The van der Waals surface area contributed by atoms with Crippen molar-refractivity contribution in [1.82, 2.24) is 20.5 Å². The number of carbonyl (C=O) groups is 3. The van der Waals surface area contributed by atoms with Crippen LogP contribution in [0.15, 0.2) is 30.3 Å². The first-order chi connectivity index (χ1) is 21.0. The Balaban J connectivity index is 0.000000145. The number of nitrogens with one attached hydrogen (secondary N) is 1. The Morgan fingerprint density at radius 2 is 1.20 bits per heavy atom. The van der Waals surface area contributed by atoms with Crippen LogP contribution in [0.2, 0.25) is 0 Å². The second-order valence-corrected chi connectivity index (χ2v) is 16.8. The molecule has 0 aromatic heterocycles. The zero-order valence-electron chi connectivity index (χ0n) is 26.9. The average molecular weight is 603 g/mol. The normalized spacial score (nSPS) is 41.6. The highest BCUT2D eigenvalue weighted by Crippen LogP contribution is 2.58. The quantitative estimate of drug-likeness (QED) is 0.463. The number of hydrogen-bond donors (Lipinski definition) is 1. The fraction of sp³-hybridized carbons (Fsp3) is 0.750. The zero-order chi connectivity index (χ0) is 30.5. The minimum atomic E-state index is -0.817. The SMILES string of the molecule is CC1(C)C(=O)N(C2C3CC4CC(C3)CC2C4)N1C(=O)OCc1ccccc1.CC1(C)NN(C2C3CC4CC(C3)CC2C4)C1=O. The molecule has 8 nitrogen and oxygen atoms in total. The van der Waals surface area contributed by atoms with Crippen molar-refractivity contribution < 1.29 is 19.1 Å². The van der Waals surface area contributed by atoms with E-state index in [1.54, 1.807) is 10.0 Å². The summed E-state index contributed by atoms with van der Waals surface area (Å²) in [5, 5.41) is 5.37. The van der Waals surface area contributed by atoms with Crippen LogP contribution in [0.5, 0.6) is 0 Å². The first-order valence-corrected chi connectivity index (χ1v) is 17.5. The van der Waals surface area contributed by atoms with E-state index >= 15 is 0 Å². The average Bonchev–Trinajstić information content (AvgIpc) is 2.98. The van der Waals surface area contributed by atoms with Crippen molar-refractivity contribution in [2.75, 3.05) is 0 Å². The van der Waals surface area contributed by atoms with Gasteiger partial charge in [0.25, 0.3) is 11.8 Å². The summed E-state index contributed by atoms with van der Waals surface area (Å²) in [6, 6.07) is 10.4. The Bertz CT molecular complexity index is 1270. The first-order valence-electron chi connectivity index (χ1n) is 17.5. The lowest BCUT2D eigenvalue weighted by Gasteiger charge is -2.64. The molecule has 238 valence electrons. The van der Waals surface area contributed by atoms with E-state index in [0.29, 0.717) is 23.8 Å². The highest BCUT2D eigenvalue weighted by atomic mass is 16.6. The molecule has 2 aliphatic heterocycles. The molecule has 8 saturated carbocycles. The summed E-state index contributed by atoms with van der Waals surface area (Å²) >= 11 is 0. The third-order valence-corrected chi connectivity index (χ3v) is 12.9. The van der Waals surface area contributed by atoms with Crippen LogP contribution >= 0.6 is 0 Å². The van der Waals surface area contributed by atoms with Crippen molar-refractivity contribution in [3.8, 4) is 0 Å². The first kappa shape index (κ1) is 28.8. The molecular formula is C36H50N4O4. The van der Waals surface area contributed by atoms with Crippen LogP contribution in [-0.4, -0.2) is 56.1 Å². The molecule has 8 aliphatic carbocycles. The maximum absolute atomic E-state index is 13.0. The van der Waals surface area contributed by atoms with Gasteiger partial charge < -0.3 is 4.74 Å². The van der Waals surface area contributed by atoms with Crippen LogP contribution in [0.25, 0.3) is 0 Å². The maximum atomic E-state index is 13.0. The summed E-state index contributed by atoms with van der Waals surface area (Å²) in [5.74, 6) is 6.70. The molecule has 1 aromatic carbocycles. The smallest absolute Gasteiger partial charge is 0.430 e. The number of carbonyl (C=O) groups excluding carboxylic acids is 3. The van der Waals surface area contributed by atoms with Gasteiger partial charge in [0.2, 0.25) is 0 Å². The van der Waals surface area contributed by atoms with E-state index < -0.39 is 11.6 Å². The van der Waals surface area contributed by atoms with Gasteiger partial charge in [-0.25, -0.2) is 20.2 Å². The Morgan fingerprint density at radius 1 is 0.727 bits per heavy atom. The zero-order valence-corrected chi connectivity index (χ0v) is 26.9. The molecule has 0 spiro atoms. The minimum Gasteiger partial charge on any atom is -0.443 e. The number of nitrogens with zero attached hydrogens (tertiary/aromatic N) is 3. The predicted molar refractivity (Wildman–Crippen MR) is 165 cm³/mol. The van der Waals surface area contributed by atoms with Crippen molar-refractivity contribution >= 4 is 17.9 Å². The molecule has 11 rings (SSSR count). The van der Waals surface area contributed by atoms with Crippen molar-refractivity contribution in [2.45, 2.75) is 122 Å². The van der Waals surface area contributed by atoms with Gasteiger partial charge in [-0.2, -0.15) is 0 Å². The molecule has 0 atom stereocenters. The molecule has 0 unspecified atom stereocenters. The molecule has 1 aromatic rings. The van der Waals surface area contributed by atoms with E-state index in [9.17, 15) is 14.4 Å². The minimum absolute atomic E-state index is 0.0663. The third kappa shape index (κ3) is 4.52. The van der Waals surface area contributed by atoms with Crippen molar-refractivity contribution in [3.05, 3.63) is 35.9 Å². The lowest BCUT2D eigenvalue weighted by Crippen LogP contribution is -2.80. The van der Waals surface area contributed by atoms with Crippen LogP contribution in [0, 0.1) is 47.3 Å². The number of benzene rings is 1. The Hall–Kier alpha value is -2.61. The molecule has 10 aliphatic rings. The van der Waals surface area contributed by atoms with Gasteiger partial charge in [-0.15, -0.1) is 0 Å². The van der Waals surface area contributed by atoms with Gasteiger partial charge in [0, 0.05) is 0 Å². The van der Waals surface area contributed by atoms with E-state index in [1.165, 1.54) is 64.2 Å². The number of amides is 3. The predicted octanol–water partition coefficient (Wildman–Crippen LogP) is 5.92. The second-order valence-electron chi connectivity index (χ2n) is 16.8. The number of ether oxygens (including phenoxy) is 1. The lowest BCUT2D eigenvalue weighted by molar-refractivity contribution is -0.235. The molecule has 0 radical (unpaired) electrons. The summed E-state index contributed by atoms with van der Waals surface area (Å²) in [5.41, 5.74) is 3.21. The molecule has 2 saturated heterocycles. The molecule has 10 fully saturated rings. The van der Waals surface area contributed by atoms with Gasteiger partial charge in [0.05, 0.1) is 12.1 Å². The number of rotatable bonds is 4. The summed E-state index contributed by atoms with van der Waals surface area (Å²) in [4.78, 5) is 38.1. The van der Waals surface area contributed by atoms with Crippen LogP contribution < -0.4 is 5.43 Å². The maximum Gasteiger partial charge on any atom is 0.430 e. The summed E-state index contributed by atoms with van der Waals surface area (Å²) in [6.45, 7) is 7.86. The Kier molecular flexibility index (Phi) is 6.68. The number of hydrogen-bond acceptors (Lipinski definition) is 5. The lowest BCUT2D eigenvalue weighted by atomic mass is 9.53. The highest BCUT2D eigenvalue weighted by Gasteiger charge is 2.63. The molecule has 8 bridgehead atoms. The molecular weight excluding hydrogens is 552 g/mol. The van der Waals surface area contributed by atoms with Crippen LogP contribution in [-0.2, 0) is 20.9 Å². The van der Waals surface area contributed by atoms with Crippen molar-refractivity contribution in [1.29, 1.82) is 0 Å². The molecule has 1 N–H and O–H groups in total. The molecule has 8 heteroatoms. The van der Waals surface area contributed by atoms with Crippen molar-refractivity contribution in [3.63, 3.8) is 0 Å². The summed E-state index contributed by atoms with van der Waals surface area (Å²) in [7, 11) is 0. The van der Waals surface area contributed by atoms with Gasteiger partial charge >= 0.3 is 6.09 Å². The van der Waals surface area contributed by atoms with Gasteiger partial charge in [-0.1, -0.05) is 30.3 Å². The third-order valence-electron chi connectivity index (χ3n) is 12.9. The van der Waals surface area contributed by atoms with Gasteiger partial charge in [-0.3, -0.25) is 14.6 Å². The fourth-order valence-electron chi connectivity index (χ4n) is 11.5. The van der Waals surface area contributed by atoms with Crippen LogP contribution in [0.3, 0.4) is 0 Å². The monoisotopic (exact) mass is 602 g/mol. The van der Waals surface area contributed by atoms with Crippen LogP contribution in [0.1, 0.15) is 97.5 Å². The van der Waals surface area contributed by atoms with E-state index in [0.717, 1.165) is 41.1 Å². The molecule has 2 heterocycles. The van der Waals surface area contributed by atoms with Gasteiger partial charge in [0.1, 0.15) is 17.7 Å². The second kappa shape index (κ2) is 10.2. The van der Waals surface area contributed by atoms with Crippen LogP contribution in [0.4, 0.5) is 4.79 Å². The highest BCUT2D eigenvalue weighted by molar-refractivity contribution is 5.96. The van der Waals surface area contributed by atoms with E-state index in [4.69, 9.17) is 4.74 Å². The fourth-order valence-corrected chi connectivity index (χ4v) is 11.5. The Labute approximate surface area is 262 Å². The van der Waals surface area contributed by atoms with E-state index in [1.807, 2.05) is 63.0 Å². The topological polar surface area (TPSA) is 82.2 Å².